The summed E-state index contributed by atoms with van der Waals surface area (Å²) in [5.74, 6) is -1.27. The summed E-state index contributed by atoms with van der Waals surface area (Å²) in [4.78, 5) is 17.5. The number of carbonyl (C=O) groups is 1. The van der Waals surface area contributed by atoms with Crippen LogP contribution in [0.5, 0.6) is 5.75 Å². The van der Waals surface area contributed by atoms with E-state index >= 15 is 0 Å². The third-order valence-corrected chi connectivity index (χ3v) is 5.33. The summed E-state index contributed by atoms with van der Waals surface area (Å²) >= 11 is 0. The van der Waals surface area contributed by atoms with Gasteiger partial charge >= 0.3 is 0 Å². The van der Waals surface area contributed by atoms with E-state index < -0.39 is 17.8 Å². The number of carbonyl (C=O) groups excluding carboxylic acids is 1. The van der Waals surface area contributed by atoms with Crippen LogP contribution in [0.25, 0.3) is 5.69 Å². The highest BCUT2D eigenvalue weighted by Gasteiger charge is 2.37. The Bertz CT molecular complexity index is 1280. The number of halogens is 1. The zero-order chi connectivity index (χ0) is 22.1. The molecule has 1 atom stereocenters. The van der Waals surface area contributed by atoms with Gasteiger partial charge in [-0.15, -0.1) is 0 Å². The van der Waals surface area contributed by atoms with Crippen LogP contribution in [0.3, 0.4) is 0 Å². The van der Waals surface area contributed by atoms with Crippen molar-refractivity contribution in [1.29, 1.82) is 0 Å². The number of amides is 1. The molecule has 2 aromatic carbocycles. The van der Waals surface area contributed by atoms with Gasteiger partial charge in [-0.3, -0.25) is 9.78 Å². The Balaban J connectivity index is 1.54. The quantitative estimate of drug-likeness (QED) is 0.531. The lowest BCUT2D eigenvalue weighted by molar-refractivity contribution is 0.0707. The number of hydrogen-bond acceptors (Lipinski definition) is 5. The van der Waals surface area contributed by atoms with Crippen molar-refractivity contribution in [2.24, 2.45) is 5.10 Å². The average Bonchev–Trinajstić information content (AvgIpc) is 3.48. The minimum absolute atomic E-state index is 0.0268. The number of rotatable bonds is 4. The number of hydrogen-bond donors (Lipinski definition) is 1. The smallest absolute Gasteiger partial charge is 0.277 e. The van der Waals surface area contributed by atoms with Crippen LogP contribution in [-0.2, 0) is 0 Å². The Kier molecular flexibility index (Phi) is 4.95. The van der Waals surface area contributed by atoms with Gasteiger partial charge in [0.25, 0.3) is 5.91 Å². The topological polar surface area (TPSA) is 83.6 Å². The van der Waals surface area contributed by atoms with Crippen LogP contribution < -0.4 is 0 Å². The number of phenolic OH excluding ortho intramolecular Hbond substituents is 1. The molecule has 0 aliphatic carbocycles. The SMILES string of the molecule is O=C(c1cnn(-c2ccccc2)c1)N1N=C(c2cccnc2)CC1c1c(O)cccc1F. The number of pyridine rings is 1. The molecule has 7 nitrogen and oxygen atoms in total. The van der Waals surface area contributed by atoms with Crippen LogP contribution >= 0.6 is 0 Å². The first kappa shape index (κ1) is 19.6. The maximum atomic E-state index is 14.7. The van der Waals surface area contributed by atoms with Crippen molar-refractivity contribution in [2.45, 2.75) is 12.5 Å². The van der Waals surface area contributed by atoms with Crippen LogP contribution in [0.1, 0.15) is 33.9 Å². The Morgan fingerprint density at radius 3 is 2.62 bits per heavy atom. The van der Waals surface area contributed by atoms with Crippen molar-refractivity contribution < 1.29 is 14.3 Å². The molecule has 1 N–H and O–H groups in total. The van der Waals surface area contributed by atoms with Gasteiger partial charge in [0.05, 0.1) is 34.8 Å². The van der Waals surface area contributed by atoms with E-state index in [1.54, 1.807) is 29.3 Å². The molecule has 1 aliphatic heterocycles. The van der Waals surface area contributed by atoms with Gasteiger partial charge in [0.15, 0.2) is 0 Å². The molecule has 4 aromatic rings. The van der Waals surface area contributed by atoms with Gasteiger partial charge in [0.2, 0.25) is 0 Å². The molecule has 8 heteroatoms. The number of phenols is 1. The zero-order valence-corrected chi connectivity index (χ0v) is 16.8. The molecule has 1 amide bonds. The lowest BCUT2D eigenvalue weighted by atomic mass is 9.97. The molecule has 2 aromatic heterocycles. The van der Waals surface area contributed by atoms with E-state index in [0.29, 0.717) is 11.3 Å². The van der Waals surface area contributed by atoms with Gasteiger partial charge in [-0.25, -0.2) is 14.1 Å². The minimum atomic E-state index is -0.806. The third-order valence-electron chi connectivity index (χ3n) is 5.33. The largest absolute Gasteiger partial charge is 0.507 e. The third kappa shape index (κ3) is 3.51. The zero-order valence-electron chi connectivity index (χ0n) is 16.8. The molecule has 0 bridgehead atoms. The van der Waals surface area contributed by atoms with Gasteiger partial charge in [0, 0.05) is 30.6 Å². The first-order chi connectivity index (χ1) is 15.6. The van der Waals surface area contributed by atoms with E-state index in [9.17, 15) is 14.3 Å². The lowest BCUT2D eigenvalue weighted by Crippen LogP contribution is -2.27. The van der Waals surface area contributed by atoms with E-state index in [-0.39, 0.29) is 17.7 Å². The summed E-state index contributed by atoms with van der Waals surface area (Å²) < 4.78 is 16.3. The van der Waals surface area contributed by atoms with Gasteiger partial charge in [-0.05, 0) is 30.3 Å². The highest BCUT2D eigenvalue weighted by atomic mass is 19.1. The fourth-order valence-corrected chi connectivity index (χ4v) is 3.77. The van der Waals surface area contributed by atoms with Crippen LogP contribution in [0.4, 0.5) is 4.39 Å². The van der Waals surface area contributed by atoms with Gasteiger partial charge in [0.1, 0.15) is 11.6 Å². The summed E-state index contributed by atoms with van der Waals surface area (Å²) in [6.45, 7) is 0. The number of nitrogens with zero attached hydrogens (tertiary/aromatic N) is 5. The number of aromatic hydroxyl groups is 1. The van der Waals surface area contributed by atoms with Crippen molar-refractivity contribution in [1.82, 2.24) is 19.8 Å². The van der Waals surface area contributed by atoms with E-state index in [0.717, 1.165) is 11.3 Å². The molecule has 158 valence electrons. The Morgan fingerprint density at radius 1 is 1.03 bits per heavy atom. The number of hydrazone groups is 1. The number of aromatic nitrogens is 3. The molecule has 0 radical (unpaired) electrons. The molecule has 32 heavy (non-hydrogen) atoms. The predicted molar refractivity (Wildman–Crippen MR) is 116 cm³/mol. The molecule has 5 rings (SSSR count). The number of benzene rings is 2. The Hall–Kier alpha value is -4.33. The van der Waals surface area contributed by atoms with Gasteiger partial charge in [-0.2, -0.15) is 10.2 Å². The molecule has 1 aliphatic rings. The second kappa shape index (κ2) is 8.07. The average molecular weight is 427 g/mol. The van der Waals surface area contributed by atoms with Crippen LogP contribution in [-0.4, -0.2) is 36.5 Å². The molecular weight excluding hydrogens is 409 g/mol. The fraction of sp³-hybridized carbons (Fsp3) is 0.0833. The van der Waals surface area contributed by atoms with Crippen LogP contribution in [0, 0.1) is 5.82 Å². The highest BCUT2D eigenvalue weighted by molar-refractivity contribution is 6.04. The molecule has 0 fully saturated rings. The standard InChI is InChI=1S/C24H18FN5O2/c25-19-9-4-10-22(31)23(19)21-12-20(16-6-5-11-26-13-16)28-30(21)24(32)17-14-27-29(15-17)18-7-2-1-3-8-18/h1-11,13-15,21,31H,12H2. The van der Waals surface area contributed by atoms with Crippen molar-refractivity contribution in [3.8, 4) is 11.4 Å². The van der Waals surface area contributed by atoms with Gasteiger partial charge in [-0.1, -0.05) is 30.3 Å². The molecule has 0 saturated heterocycles. The normalized spacial score (nSPS) is 15.6. The predicted octanol–water partition coefficient (Wildman–Crippen LogP) is 4.10. The van der Waals surface area contributed by atoms with Crippen molar-refractivity contribution >= 4 is 11.6 Å². The second-order valence-electron chi connectivity index (χ2n) is 7.34. The lowest BCUT2D eigenvalue weighted by Gasteiger charge is -2.22. The van der Waals surface area contributed by atoms with E-state index in [4.69, 9.17) is 0 Å². The van der Waals surface area contributed by atoms with Crippen LogP contribution in [0.15, 0.2) is 90.6 Å². The Labute approximate surface area is 183 Å². The maximum Gasteiger partial charge on any atom is 0.277 e. The summed E-state index contributed by atoms with van der Waals surface area (Å²) in [5, 5.41) is 20.4. The van der Waals surface area contributed by atoms with Crippen molar-refractivity contribution in [3.63, 3.8) is 0 Å². The highest BCUT2D eigenvalue weighted by Crippen LogP contribution is 2.39. The van der Waals surface area contributed by atoms with Crippen molar-refractivity contribution in [3.05, 3.63) is 108 Å². The van der Waals surface area contributed by atoms with Gasteiger partial charge < -0.3 is 5.11 Å². The summed E-state index contributed by atoms with van der Waals surface area (Å²) in [6, 6.07) is 16.2. The van der Waals surface area contributed by atoms with E-state index in [1.165, 1.54) is 29.4 Å². The molecule has 0 saturated carbocycles. The van der Waals surface area contributed by atoms with E-state index in [1.807, 2.05) is 36.4 Å². The second-order valence-corrected chi connectivity index (χ2v) is 7.34. The summed E-state index contributed by atoms with van der Waals surface area (Å²) in [5.41, 5.74) is 2.43. The molecular formula is C24H18FN5O2. The maximum absolute atomic E-state index is 14.7. The minimum Gasteiger partial charge on any atom is -0.507 e. The van der Waals surface area contributed by atoms with Crippen LogP contribution in [0.2, 0.25) is 0 Å². The number of para-hydroxylation sites is 1. The monoisotopic (exact) mass is 427 g/mol. The summed E-state index contributed by atoms with van der Waals surface area (Å²) in [7, 11) is 0. The molecule has 3 heterocycles. The first-order valence-electron chi connectivity index (χ1n) is 10.0. The Morgan fingerprint density at radius 2 is 1.88 bits per heavy atom. The molecule has 0 spiro atoms. The summed E-state index contributed by atoms with van der Waals surface area (Å²) in [6.07, 6.45) is 6.57. The van der Waals surface area contributed by atoms with E-state index in [2.05, 4.69) is 15.2 Å². The fourth-order valence-electron chi connectivity index (χ4n) is 3.77. The van der Waals surface area contributed by atoms with Crippen molar-refractivity contribution in [2.75, 3.05) is 0 Å². The first-order valence-corrected chi connectivity index (χ1v) is 10.0. The molecule has 1 unspecified atom stereocenters.